The Bertz CT molecular complexity index is 437. The van der Waals surface area contributed by atoms with Crippen molar-refractivity contribution >= 4 is 11.8 Å². The van der Waals surface area contributed by atoms with Crippen LogP contribution in [0, 0.1) is 5.92 Å². The minimum atomic E-state index is 0.342. The summed E-state index contributed by atoms with van der Waals surface area (Å²) in [4.78, 5) is 0. The summed E-state index contributed by atoms with van der Waals surface area (Å²) in [6.45, 7) is 8.16. The van der Waals surface area contributed by atoms with Gasteiger partial charge in [-0.1, -0.05) is 26.8 Å². The molecule has 0 aliphatic carbocycles. The summed E-state index contributed by atoms with van der Waals surface area (Å²) < 4.78 is 10.9. The smallest absolute Gasteiger partial charge is 0.231 e. The molecule has 0 amide bonds. The third kappa shape index (κ3) is 5.11. The highest BCUT2D eigenvalue weighted by molar-refractivity contribution is 7.99. The Morgan fingerprint density at radius 1 is 1.24 bits per heavy atom. The van der Waals surface area contributed by atoms with Crippen LogP contribution in [0.3, 0.4) is 0 Å². The van der Waals surface area contributed by atoms with Gasteiger partial charge in [0.05, 0.1) is 0 Å². The second kappa shape index (κ2) is 8.54. The minimum Gasteiger partial charge on any atom is -0.454 e. The highest BCUT2D eigenvalue weighted by atomic mass is 32.2. The summed E-state index contributed by atoms with van der Waals surface area (Å²) in [6, 6.07) is 6.69. The normalized spacial score (nSPS) is 14.7. The Labute approximate surface area is 132 Å². The molecule has 21 heavy (non-hydrogen) atoms. The lowest BCUT2D eigenvalue weighted by molar-refractivity contribution is 0.174. The fourth-order valence-electron chi connectivity index (χ4n) is 2.24. The van der Waals surface area contributed by atoms with Gasteiger partial charge in [0, 0.05) is 11.8 Å². The van der Waals surface area contributed by atoms with E-state index in [2.05, 4.69) is 38.2 Å². The average Bonchev–Trinajstić information content (AvgIpc) is 2.93. The highest BCUT2D eigenvalue weighted by Gasteiger charge is 2.17. The van der Waals surface area contributed by atoms with E-state index in [0.29, 0.717) is 12.8 Å². The first-order valence-corrected chi connectivity index (χ1v) is 9.06. The van der Waals surface area contributed by atoms with Crippen LogP contribution in [0.15, 0.2) is 18.2 Å². The molecule has 1 aromatic rings. The van der Waals surface area contributed by atoms with Gasteiger partial charge in [-0.3, -0.25) is 0 Å². The lowest BCUT2D eigenvalue weighted by atomic mass is 10.1. The van der Waals surface area contributed by atoms with Gasteiger partial charge in [-0.05, 0) is 48.8 Å². The number of rotatable bonds is 9. The minimum absolute atomic E-state index is 0.342. The first-order valence-electron chi connectivity index (χ1n) is 7.91. The van der Waals surface area contributed by atoms with E-state index in [4.69, 9.17) is 9.47 Å². The van der Waals surface area contributed by atoms with Crippen molar-refractivity contribution in [2.24, 2.45) is 5.92 Å². The van der Waals surface area contributed by atoms with Gasteiger partial charge in [-0.25, -0.2) is 0 Å². The van der Waals surface area contributed by atoms with Crippen LogP contribution in [0.2, 0.25) is 0 Å². The van der Waals surface area contributed by atoms with Crippen LogP contribution in [-0.2, 0) is 0 Å². The van der Waals surface area contributed by atoms with Crippen molar-refractivity contribution < 1.29 is 9.47 Å². The van der Waals surface area contributed by atoms with Crippen molar-refractivity contribution in [2.45, 2.75) is 39.7 Å². The second-order valence-corrected chi connectivity index (χ2v) is 7.03. The molecule has 0 fully saturated rings. The van der Waals surface area contributed by atoms with E-state index in [0.717, 1.165) is 36.1 Å². The maximum absolute atomic E-state index is 5.49. The summed E-state index contributed by atoms with van der Waals surface area (Å²) in [6.07, 6.45) is 2.43. The van der Waals surface area contributed by atoms with Crippen LogP contribution < -0.4 is 14.8 Å². The van der Waals surface area contributed by atoms with E-state index in [1.54, 1.807) is 0 Å². The summed E-state index contributed by atoms with van der Waals surface area (Å²) in [7, 11) is 0. The molecule has 3 nitrogen and oxygen atoms in total. The van der Waals surface area contributed by atoms with E-state index >= 15 is 0 Å². The van der Waals surface area contributed by atoms with Crippen LogP contribution in [-0.4, -0.2) is 24.8 Å². The molecule has 0 saturated heterocycles. The molecule has 1 heterocycles. The SMILES string of the molecule is CCCNC(CSCCC(C)C)c1ccc2c(c1)OCO2. The molecule has 1 aliphatic rings. The van der Waals surface area contributed by atoms with Crippen molar-refractivity contribution in [3.63, 3.8) is 0 Å². The number of hydrogen-bond donors (Lipinski definition) is 1. The number of benzene rings is 1. The Morgan fingerprint density at radius 2 is 2.05 bits per heavy atom. The third-order valence-corrected chi connectivity index (χ3v) is 4.66. The maximum Gasteiger partial charge on any atom is 0.231 e. The highest BCUT2D eigenvalue weighted by Crippen LogP contribution is 2.34. The van der Waals surface area contributed by atoms with Gasteiger partial charge in [0.25, 0.3) is 0 Å². The number of ether oxygens (including phenoxy) is 2. The van der Waals surface area contributed by atoms with Gasteiger partial charge in [0.15, 0.2) is 11.5 Å². The van der Waals surface area contributed by atoms with Gasteiger partial charge in [-0.15, -0.1) is 0 Å². The Kier molecular flexibility index (Phi) is 6.71. The summed E-state index contributed by atoms with van der Waals surface area (Å²) >= 11 is 2.03. The molecule has 0 spiro atoms. The molecular weight excluding hydrogens is 282 g/mol. The molecule has 0 aromatic heterocycles. The van der Waals surface area contributed by atoms with Crippen LogP contribution >= 0.6 is 11.8 Å². The largest absolute Gasteiger partial charge is 0.454 e. The first kappa shape index (κ1) is 16.5. The third-order valence-electron chi connectivity index (χ3n) is 3.56. The maximum atomic E-state index is 5.49. The molecule has 1 aliphatic heterocycles. The zero-order valence-corrected chi connectivity index (χ0v) is 14.2. The molecule has 1 atom stereocenters. The number of thioether (sulfide) groups is 1. The fourth-order valence-corrected chi connectivity index (χ4v) is 3.59. The van der Waals surface area contributed by atoms with Crippen molar-refractivity contribution in [3.05, 3.63) is 23.8 Å². The van der Waals surface area contributed by atoms with Crippen molar-refractivity contribution in [1.82, 2.24) is 5.32 Å². The average molecular weight is 309 g/mol. The van der Waals surface area contributed by atoms with Crippen molar-refractivity contribution in [2.75, 3.05) is 24.8 Å². The van der Waals surface area contributed by atoms with E-state index < -0.39 is 0 Å². The molecule has 2 rings (SSSR count). The Balaban J connectivity index is 1.94. The standard InChI is InChI=1S/C17H27NO2S/c1-4-8-18-15(11-21-9-7-13(2)3)14-5-6-16-17(10-14)20-12-19-16/h5-6,10,13,15,18H,4,7-9,11-12H2,1-3H3. The zero-order valence-electron chi connectivity index (χ0n) is 13.4. The monoisotopic (exact) mass is 309 g/mol. The molecule has 1 aromatic carbocycles. The quantitative estimate of drug-likeness (QED) is 0.691. The van der Waals surface area contributed by atoms with Crippen molar-refractivity contribution in [3.8, 4) is 11.5 Å². The first-order chi connectivity index (χ1) is 10.2. The fraction of sp³-hybridized carbons (Fsp3) is 0.647. The molecule has 1 N–H and O–H groups in total. The summed E-state index contributed by atoms with van der Waals surface area (Å²) in [5.74, 6) is 4.85. The predicted octanol–water partition coefficient (Wildman–Crippen LogP) is 4.24. The molecule has 118 valence electrons. The van der Waals surface area contributed by atoms with Gasteiger partial charge in [0.1, 0.15) is 0 Å². The van der Waals surface area contributed by atoms with E-state index in [1.807, 2.05) is 17.8 Å². The van der Waals surface area contributed by atoms with Crippen LogP contribution in [0.25, 0.3) is 0 Å². The molecule has 4 heteroatoms. The number of fused-ring (bicyclic) bond motifs is 1. The molecule has 0 radical (unpaired) electrons. The van der Waals surface area contributed by atoms with Crippen LogP contribution in [0.1, 0.15) is 45.2 Å². The lowest BCUT2D eigenvalue weighted by Gasteiger charge is -2.19. The van der Waals surface area contributed by atoms with Gasteiger partial charge >= 0.3 is 0 Å². The van der Waals surface area contributed by atoms with Crippen LogP contribution in [0.5, 0.6) is 11.5 Å². The van der Waals surface area contributed by atoms with Crippen LogP contribution in [0.4, 0.5) is 0 Å². The Morgan fingerprint density at radius 3 is 2.81 bits per heavy atom. The zero-order chi connectivity index (χ0) is 15.1. The van der Waals surface area contributed by atoms with Gasteiger partial charge in [-0.2, -0.15) is 11.8 Å². The van der Waals surface area contributed by atoms with E-state index in [1.165, 1.54) is 17.7 Å². The van der Waals surface area contributed by atoms with Gasteiger partial charge < -0.3 is 14.8 Å². The van der Waals surface area contributed by atoms with Crippen molar-refractivity contribution in [1.29, 1.82) is 0 Å². The van der Waals surface area contributed by atoms with Gasteiger partial charge in [0.2, 0.25) is 6.79 Å². The second-order valence-electron chi connectivity index (χ2n) is 5.88. The van der Waals surface area contributed by atoms with E-state index in [9.17, 15) is 0 Å². The number of nitrogens with one attached hydrogen (secondary N) is 1. The number of hydrogen-bond acceptors (Lipinski definition) is 4. The lowest BCUT2D eigenvalue weighted by Crippen LogP contribution is -2.24. The molecule has 0 saturated carbocycles. The topological polar surface area (TPSA) is 30.5 Å². The molecular formula is C17H27NO2S. The predicted molar refractivity (Wildman–Crippen MR) is 90.4 cm³/mol. The Hall–Kier alpha value is -0.870. The molecule has 0 bridgehead atoms. The summed E-state index contributed by atoms with van der Waals surface area (Å²) in [5.41, 5.74) is 1.30. The van der Waals surface area contributed by atoms with E-state index in [-0.39, 0.29) is 0 Å². The molecule has 1 unspecified atom stereocenters. The summed E-state index contributed by atoms with van der Waals surface area (Å²) in [5, 5.41) is 3.65.